The maximum absolute atomic E-state index is 12.7. The maximum atomic E-state index is 12.7. The standard InChI is InChI=1S/C17H24F2N2O2/c1-16(2,3)13-7-5-12(6-8-13)11-21-10-4-9-17(20,14(18)19)15(22)23/h5-8,11,14H,4,9-10,20H2,1-3H3,(H,22,23). The van der Waals surface area contributed by atoms with E-state index in [-0.39, 0.29) is 24.8 Å². The van der Waals surface area contributed by atoms with E-state index in [1.807, 2.05) is 24.3 Å². The van der Waals surface area contributed by atoms with E-state index in [2.05, 4.69) is 25.8 Å². The Hall–Kier alpha value is -1.82. The van der Waals surface area contributed by atoms with Crippen LogP contribution in [0.4, 0.5) is 8.78 Å². The van der Waals surface area contributed by atoms with E-state index in [1.165, 1.54) is 5.56 Å². The number of aliphatic carboxylic acids is 1. The molecule has 0 radical (unpaired) electrons. The van der Waals surface area contributed by atoms with Crippen molar-refractivity contribution in [1.29, 1.82) is 0 Å². The van der Waals surface area contributed by atoms with Crippen LogP contribution >= 0.6 is 0 Å². The Morgan fingerprint density at radius 1 is 1.30 bits per heavy atom. The van der Waals surface area contributed by atoms with Gasteiger partial charge in [0, 0.05) is 12.8 Å². The van der Waals surface area contributed by atoms with E-state index >= 15 is 0 Å². The highest BCUT2D eigenvalue weighted by Gasteiger charge is 2.43. The fourth-order valence-corrected chi connectivity index (χ4v) is 2.01. The van der Waals surface area contributed by atoms with Crippen LogP contribution in [-0.2, 0) is 10.2 Å². The number of carboxylic acids is 1. The minimum Gasteiger partial charge on any atom is -0.480 e. The van der Waals surface area contributed by atoms with Crippen LogP contribution in [0.5, 0.6) is 0 Å². The third-order valence-corrected chi connectivity index (χ3v) is 3.68. The number of hydrogen-bond donors (Lipinski definition) is 2. The van der Waals surface area contributed by atoms with Crippen LogP contribution in [0.3, 0.4) is 0 Å². The molecule has 0 fully saturated rings. The molecule has 1 aromatic carbocycles. The van der Waals surface area contributed by atoms with Crippen molar-refractivity contribution >= 4 is 12.2 Å². The molecule has 0 saturated carbocycles. The Morgan fingerprint density at radius 3 is 2.30 bits per heavy atom. The molecule has 1 atom stereocenters. The van der Waals surface area contributed by atoms with Crippen molar-refractivity contribution in [3.8, 4) is 0 Å². The van der Waals surface area contributed by atoms with Crippen LogP contribution in [0.15, 0.2) is 29.3 Å². The summed E-state index contributed by atoms with van der Waals surface area (Å²) in [5.74, 6) is -1.69. The zero-order chi connectivity index (χ0) is 17.7. The summed E-state index contributed by atoms with van der Waals surface area (Å²) in [6.45, 7) is 6.63. The van der Waals surface area contributed by atoms with E-state index in [9.17, 15) is 13.6 Å². The molecule has 0 aliphatic heterocycles. The van der Waals surface area contributed by atoms with Gasteiger partial charge in [0.2, 0.25) is 0 Å². The molecule has 0 aliphatic carbocycles. The molecule has 1 aromatic rings. The van der Waals surface area contributed by atoms with Crippen LogP contribution in [0.2, 0.25) is 0 Å². The molecule has 4 nitrogen and oxygen atoms in total. The van der Waals surface area contributed by atoms with E-state index in [0.29, 0.717) is 0 Å². The second kappa shape index (κ2) is 7.64. The van der Waals surface area contributed by atoms with Crippen LogP contribution < -0.4 is 5.73 Å². The van der Waals surface area contributed by atoms with E-state index in [0.717, 1.165) is 5.56 Å². The molecule has 0 aromatic heterocycles. The number of alkyl halides is 2. The van der Waals surface area contributed by atoms with E-state index in [1.54, 1.807) is 6.21 Å². The van der Waals surface area contributed by atoms with Crippen LogP contribution in [0.25, 0.3) is 0 Å². The SMILES string of the molecule is CC(C)(C)c1ccc(C=NCCCC(N)(C(=O)O)C(F)F)cc1. The molecule has 0 bridgehead atoms. The topological polar surface area (TPSA) is 75.7 Å². The van der Waals surface area contributed by atoms with Gasteiger partial charge in [-0.25, -0.2) is 13.6 Å². The second-order valence-corrected chi connectivity index (χ2v) is 6.66. The number of carbonyl (C=O) groups is 1. The normalized spacial score (nSPS) is 15.1. The largest absolute Gasteiger partial charge is 0.480 e. The minimum absolute atomic E-state index is 0.0756. The number of halogens is 2. The zero-order valence-corrected chi connectivity index (χ0v) is 13.7. The lowest BCUT2D eigenvalue weighted by atomic mass is 9.87. The van der Waals surface area contributed by atoms with Gasteiger partial charge in [-0.2, -0.15) is 0 Å². The molecule has 0 aliphatic rings. The van der Waals surface area contributed by atoms with Crippen molar-refractivity contribution in [3.63, 3.8) is 0 Å². The number of carboxylic acid groups (broad SMARTS) is 1. The lowest BCUT2D eigenvalue weighted by Crippen LogP contribution is -2.54. The highest BCUT2D eigenvalue weighted by atomic mass is 19.3. The zero-order valence-electron chi connectivity index (χ0n) is 13.7. The maximum Gasteiger partial charge on any atom is 0.329 e. The Kier molecular flexibility index (Phi) is 6.38. The lowest BCUT2D eigenvalue weighted by Gasteiger charge is -2.22. The van der Waals surface area contributed by atoms with Gasteiger partial charge >= 0.3 is 5.97 Å². The summed E-state index contributed by atoms with van der Waals surface area (Å²) in [6.07, 6.45) is -1.59. The fourth-order valence-electron chi connectivity index (χ4n) is 2.01. The molecule has 3 N–H and O–H groups in total. The van der Waals surface area contributed by atoms with Crippen molar-refractivity contribution in [2.24, 2.45) is 10.7 Å². The Bertz CT molecular complexity index is 551. The molecule has 0 spiro atoms. The second-order valence-electron chi connectivity index (χ2n) is 6.66. The Labute approximate surface area is 135 Å². The fraction of sp³-hybridized carbons (Fsp3) is 0.529. The summed E-state index contributed by atoms with van der Waals surface area (Å²) in [6, 6.07) is 7.92. The van der Waals surface area contributed by atoms with Crippen LogP contribution in [-0.4, -0.2) is 35.8 Å². The minimum atomic E-state index is -3.10. The Morgan fingerprint density at radius 2 is 1.87 bits per heavy atom. The van der Waals surface area contributed by atoms with Gasteiger partial charge in [-0.3, -0.25) is 4.99 Å². The van der Waals surface area contributed by atoms with Crippen molar-refractivity contribution in [3.05, 3.63) is 35.4 Å². The van der Waals surface area contributed by atoms with Crippen molar-refractivity contribution in [2.75, 3.05) is 6.54 Å². The lowest BCUT2D eigenvalue weighted by molar-refractivity contribution is -0.150. The van der Waals surface area contributed by atoms with Gasteiger partial charge < -0.3 is 10.8 Å². The first-order valence-corrected chi connectivity index (χ1v) is 7.48. The number of nitrogens with two attached hydrogens (primary N) is 1. The van der Waals surface area contributed by atoms with Crippen molar-refractivity contribution in [1.82, 2.24) is 0 Å². The number of benzene rings is 1. The first kappa shape index (κ1) is 19.2. The van der Waals surface area contributed by atoms with E-state index < -0.39 is 17.9 Å². The van der Waals surface area contributed by atoms with Crippen LogP contribution in [0, 0.1) is 0 Å². The first-order chi connectivity index (χ1) is 10.6. The smallest absolute Gasteiger partial charge is 0.329 e. The highest BCUT2D eigenvalue weighted by Crippen LogP contribution is 2.22. The summed E-state index contributed by atoms with van der Waals surface area (Å²) in [5.41, 5.74) is 4.93. The van der Waals surface area contributed by atoms with Crippen LogP contribution in [0.1, 0.15) is 44.7 Å². The molecule has 0 heterocycles. The summed E-state index contributed by atoms with van der Waals surface area (Å²) in [5, 5.41) is 8.79. The molecule has 128 valence electrons. The first-order valence-electron chi connectivity index (χ1n) is 7.48. The molecule has 6 heteroatoms. The predicted octanol–water partition coefficient (Wildman–Crippen LogP) is 3.23. The molecule has 1 unspecified atom stereocenters. The van der Waals surface area contributed by atoms with Crippen molar-refractivity contribution < 1.29 is 18.7 Å². The summed E-state index contributed by atoms with van der Waals surface area (Å²) in [4.78, 5) is 15.0. The van der Waals surface area contributed by atoms with Gasteiger partial charge in [-0.05, 0) is 29.4 Å². The van der Waals surface area contributed by atoms with Gasteiger partial charge in [-0.15, -0.1) is 0 Å². The van der Waals surface area contributed by atoms with Crippen molar-refractivity contribution in [2.45, 2.75) is 51.0 Å². The monoisotopic (exact) mass is 326 g/mol. The number of aliphatic imine (C=N–C) groups is 1. The molecular formula is C17H24F2N2O2. The van der Waals surface area contributed by atoms with Gasteiger partial charge in [0.15, 0.2) is 5.54 Å². The summed E-state index contributed by atoms with van der Waals surface area (Å²) >= 11 is 0. The highest BCUT2D eigenvalue weighted by molar-refractivity contribution is 5.80. The summed E-state index contributed by atoms with van der Waals surface area (Å²) in [7, 11) is 0. The van der Waals surface area contributed by atoms with Gasteiger partial charge in [-0.1, -0.05) is 45.0 Å². The van der Waals surface area contributed by atoms with Gasteiger partial charge in [0.1, 0.15) is 0 Å². The summed E-state index contributed by atoms with van der Waals surface area (Å²) < 4.78 is 25.4. The number of rotatable bonds is 7. The molecular weight excluding hydrogens is 302 g/mol. The molecule has 0 saturated heterocycles. The third kappa shape index (κ3) is 5.39. The molecule has 1 rings (SSSR count). The predicted molar refractivity (Wildman–Crippen MR) is 87.4 cm³/mol. The average molecular weight is 326 g/mol. The Balaban J connectivity index is 2.53. The third-order valence-electron chi connectivity index (χ3n) is 3.68. The molecule has 23 heavy (non-hydrogen) atoms. The average Bonchev–Trinajstić information content (AvgIpc) is 2.45. The number of hydrogen-bond acceptors (Lipinski definition) is 3. The number of nitrogens with zero attached hydrogens (tertiary/aromatic N) is 1. The van der Waals surface area contributed by atoms with Gasteiger partial charge in [0.25, 0.3) is 6.43 Å². The molecule has 0 amide bonds. The quantitative estimate of drug-likeness (QED) is 0.596. The van der Waals surface area contributed by atoms with Gasteiger partial charge in [0.05, 0.1) is 0 Å². The van der Waals surface area contributed by atoms with E-state index in [4.69, 9.17) is 10.8 Å².